The molecule has 0 radical (unpaired) electrons. The van der Waals surface area contributed by atoms with Crippen LogP contribution in [0.1, 0.15) is 53.9 Å². The predicted molar refractivity (Wildman–Crippen MR) is 88.9 cm³/mol. The molecule has 4 heteroatoms. The molecule has 1 unspecified atom stereocenters. The second-order valence-electron chi connectivity index (χ2n) is 6.24. The van der Waals surface area contributed by atoms with E-state index in [4.69, 9.17) is 4.74 Å². The predicted octanol–water partition coefficient (Wildman–Crippen LogP) is 5.02. The van der Waals surface area contributed by atoms with Crippen molar-refractivity contribution in [3.8, 4) is 0 Å². The van der Waals surface area contributed by atoms with Crippen molar-refractivity contribution in [2.75, 3.05) is 10.6 Å². The standard InChI is InChI=1S/C17H28N2O2/c1-6-8-13(7-2)18-14-9-11-15(12-10-14)19-16(20)21-17(3,4)5/h9-13,18H,6-8H2,1-5H3,(H,19,20). The minimum Gasteiger partial charge on any atom is -0.444 e. The topological polar surface area (TPSA) is 50.4 Å². The molecule has 0 aliphatic carbocycles. The third-order valence-electron chi connectivity index (χ3n) is 3.03. The molecular formula is C17H28N2O2. The molecule has 1 aromatic rings. The third kappa shape index (κ3) is 7.02. The fourth-order valence-corrected chi connectivity index (χ4v) is 2.03. The summed E-state index contributed by atoms with van der Waals surface area (Å²) in [5.41, 5.74) is 1.32. The van der Waals surface area contributed by atoms with Crippen LogP contribution < -0.4 is 10.6 Å². The van der Waals surface area contributed by atoms with Crippen molar-refractivity contribution in [1.29, 1.82) is 0 Å². The van der Waals surface area contributed by atoms with E-state index in [1.165, 1.54) is 6.42 Å². The van der Waals surface area contributed by atoms with Gasteiger partial charge >= 0.3 is 6.09 Å². The summed E-state index contributed by atoms with van der Waals surface area (Å²) >= 11 is 0. The molecule has 1 rings (SSSR count). The highest BCUT2D eigenvalue weighted by Gasteiger charge is 2.16. The first-order valence-corrected chi connectivity index (χ1v) is 7.70. The summed E-state index contributed by atoms with van der Waals surface area (Å²) in [6.07, 6.45) is 3.00. The smallest absolute Gasteiger partial charge is 0.412 e. The Morgan fingerprint density at radius 2 is 1.71 bits per heavy atom. The zero-order valence-electron chi connectivity index (χ0n) is 13.8. The number of hydrogen-bond donors (Lipinski definition) is 2. The fourth-order valence-electron chi connectivity index (χ4n) is 2.03. The van der Waals surface area contributed by atoms with Crippen molar-refractivity contribution in [2.24, 2.45) is 0 Å². The van der Waals surface area contributed by atoms with Crippen LogP contribution in [0.4, 0.5) is 16.2 Å². The summed E-state index contributed by atoms with van der Waals surface area (Å²) in [6.45, 7) is 9.92. The molecule has 1 atom stereocenters. The number of benzene rings is 1. The van der Waals surface area contributed by atoms with Gasteiger partial charge in [0.2, 0.25) is 0 Å². The van der Waals surface area contributed by atoms with E-state index in [0.717, 1.165) is 24.2 Å². The van der Waals surface area contributed by atoms with Crippen LogP contribution in [0.15, 0.2) is 24.3 Å². The Morgan fingerprint density at radius 1 is 1.14 bits per heavy atom. The number of ether oxygens (including phenoxy) is 1. The van der Waals surface area contributed by atoms with Crippen LogP contribution in [-0.2, 0) is 4.74 Å². The number of hydrogen-bond acceptors (Lipinski definition) is 3. The van der Waals surface area contributed by atoms with Crippen molar-refractivity contribution < 1.29 is 9.53 Å². The van der Waals surface area contributed by atoms with Gasteiger partial charge < -0.3 is 10.1 Å². The van der Waals surface area contributed by atoms with E-state index >= 15 is 0 Å². The second kappa shape index (κ2) is 7.91. The van der Waals surface area contributed by atoms with E-state index in [1.54, 1.807) is 0 Å². The van der Waals surface area contributed by atoms with Gasteiger partial charge in [0, 0.05) is 17.4 Å². The van der Waals surface area contributed by atoms with Crippen molar-refractivity contribution in [1.82, 2.24) is 0 Å². The molecule has 1 aromatic carbocycles. The van der Waals surface area contributed by atoms with Gasteiger partial charge in [-0.25, -0.2) is 4.79 Å². The van der Waals surface area contributed by atoms with Crippen LogP contribution in [0.2, 0.25) is 0 Å². The van der Waals surface area contributed by atoms with Gasteiger partial charge in [0.05, 0.1) is 0 Å². The Hall–Kier alpha value is -1.71. The van der Waals surface area contributed by atoms with Crippen molar-refractivity contribution in [3.05, 3.63) is 24.3 Å². The molecule has 0 heterocycles. The lowest BCUT2D eigenvalue weighted by molar-refractivity contribution is 0.0636. The molecule has 0 aromatic heterocycles. The summed E-state index contributed by atoms with van der Waals surface area (Å²) < 4.78 is 5.22. The Kier molecular flexibility index (Phi) is 6.53. The molecule has 0 aliphatic rings. The van der Waals surface area contributed by atoms with Gasteiger partial charge in [0.15, 0.2) is 0 Å². The van der Waals surface area contributed by atoms with E-state index in [2.05, 4.69) is 24.5 Å². The normalized spacial score (nSPS) is 12.6. The fraction of sp³-hybridized carbons (Fsp3) is 0.588. The zero-order valence-corrected chi connectivity index (χ0v) is 13.8. The van der Waals surface area contributed by atoms with Crippen LogP contribution in [0.3, 0.4) is 0 Å². The lowest BCUT2D eigenvalue weighted by Crippen LogP contribution is -2.27. The maximum Gasteiger partial charge on any atom is 0.412 e. The summed E-state index contributed by atoms with van der Waals surface area (Å²) in [7, 11) is 0. The van der Waals surface area contributed by atoms with Crippen LogP contribution >= 0.6 is 0 Å². The molecular weight excluding hydrogens is 264 g/mol. The maximum atomic E-state index is 11.7. The molecule has 4 nitrogen and oxygen atoms in total. The first-order chi connectivity index (χ1) is 9.84. The maximum absolute atomic E-state index is 11.7. The van der Waals surface area contributed by atoms with Crippen molar-refractivity contribution >= 4 is 17.5 Å². The number of nitrogens with one attached hydrogen (secondary N) is 2. The lowest BCUT2D eigenvalue weighted by Gasteiger charge is -2.20. The van der Waals surface area contributed by atoms with Gasteiger partial charge in [-0.15, -0.1) is 0 Å². The number of carbonyl (C=O) groups is 1. The highest BCUT2D eigenvalue weighted by atomic mass is 16.6. The summed E-state index contributed by atoms with van der Waals surface area (Å²) in [5, 5.41) is 6.23. The second-order valence-corrected chi connectivity index (χ2v) is 6.24. The average Bonchev–Trinajstić information content (AvgIpc) is 2.38. The molecule has 0 aliphatic heterocycles. The van der Waals surface area contributed by atoms with Crippen LogP contribution in [0.25, 0.3) is 0 Å². The number of carbonyl (C=O) groups excluding carboxylic acids is 1. The van der Waals surface area contributed by atoms with Crippen molar-refractivity contribution in [2.45, 2.75) is 65.5 Å². The molecule has 21 heavy (non-hydrogen) atoms. The van der Waals surface area contributed by atoms with Gasteiger partial charge in [-0.1, -0.05) is 20.3 Å². The third-order valence-corrected chi connectivity index (χ3v) is 3.03. The molecule has 118 valence electrons. The van der Waals surface area contributed by atoms with Crippen molar-refractivity contribution in [3.63, 3.8) is 0 Å². The van der Waals surface area contributed by atoms with Crippen LogP contribution in [-0.4, -0.2) is 17.7 Å². The SMILES string of the molecule is CCCC(CC)Nc1ccc(NC(=O)OC(C)(C)C)cc1. The van der Waals surface area contributed by atoms with Gasteiger partial charge in [0.1, 0.15) is 5.60 Å². The molecule has 0 saturated heterocycles. The highest BCUT2D eigenvalue weighted by molar-refractivity contribution is 5.85. The molecule has 1 amide bonds. The minimum atomic E-state index is -0.486. The number of anilines is 2. The monoisotopic (exact) mass is 292 g/mol. The number of amides is 1. The lowest BCUT2D eigenvalue weighted by atomic mass is 10.1. The van der Waals surface area contributed by atoms with E-state index in [9.17, 15) is 4.79 Å². The first kappa shape index (κ1) is 17.3. The minimum absolute atomic E-state index is 0.430. The van der Waals surface area contributed by atoms with Crippen LogP contribution in [0.5, 0.6) is 0 Å². The Bertz CT molecular complexity index is 435. The first-order valence-electron chi connectivity index (χ1n) is 7.70. The Balaban J connectivity index is 2.55. The molecule has 0 spiro atoms. The number of rotatable bonds is 6. The van der Waals surface area contributed by atoms with Gasteiger partial charge in [-0.3, -0.25) is 5.32 Å². The van der Waals surface area contributed by atoms with E-state index < -0.39 is 11.7 Å². The van der Waals surface area contributed by atoms with Gasteiger partial charge in [-0.05, 0) is 57.9 Å². The molecule has 2 N–H and O–H groups in total. The average molecular weight is 292 g/mol. The van der Waals surface area contributed by atoms with Crippen LogP contribution in [0, 0.1) is 0 Å². The Labute approximate surface area is 128 Å². The summed E-state index contributed by atoms with van der Waals surface area (Å²) in [6, 6.07) is 8.21. The quantitative estimate of drug-likeness (QED) is 0.773. The highest BCUT2D eigenvalue weighted by Crippen LogP contribution is 2.17. The Morgan fingerprint density at radius 3 is 2.19 bits per heavy atom. The zero-order chi connectivity index (χ0) is 15.9. The van der Waals surface area contributed by atoms with Gasteiger partial charge in [-0.2, -0.15) is 0 Å². The molecule has 0 bridgehead atoms. The largest absolute Gasteiger partial charge is 0.444 e. The summed E-state index contributed by atoms with van der Waals surface area (Å²) in [4.78, 5) is 11.7. The molecule has 0 fully saturated rings. The van der Waals surface area contributed by atoms with E-state index in [0.29, 0.717) is 6.04 Å². The molecule has 0 saturated carbocycles. The van der Waals surface area contributed by atoms with Gasteiger partial charge in [0.25, 0.3) is 0 Å². The van der Waals surface area contributed by atoms with E-state index in [1.807, 2.05) is 45.0 Å². The van der Waals surface area contributed by atoms with E-state index in [-0.39, 0.29) is 0 Å². The summed E-state index contributed by atoms with van der Waals surface area (Å²) in [5.74, 6) is 0.